The van der Waals surface area contributed by atoms with Gasteiger partial charge < -0.3 is 26.0 Å². The Hall–Kier alpha value is -2.61. The van der Waals surface area contributed by atoms with Gasteiger partial charge in [0.15, 0.2) is 12.7 Å². The van der Waals surface area contributed by atoms with Crippen LogP contribution >= 0.6 is 0 Å². The van der Waals surface area contributed by atoms with Crippen LogP contribution in [-0.2, 0) is 9.59 Å². The van der Waals surface area contributed by atoms with Crippen molar-refractivity contribution >= 4 is 17.8 Å². The number of aliphatic carboxylic acids is 1. The highest BCUT2D eigenvalue weighted by Crippen LogP contribution is 2.12. The van der Waals surface area contributed by atoms with Crippen LogP contribution in [0, 0.1) is 0 Å². The summed E-state index contributed by atoms with van der Waals surface area (Å²) in [5.41, 5.74) is 5.27. The molecule has 114 valence electrons. The van der Waals surface area contributed by atoms with Crippen molar-refractivity contribution in [2.45, 2.75) is 12.5 Å². The number of carboxylic acids is 1. The Morgan fingerprint density at radius 3 is 2.38 bits per heavy atom. The van der Waals surface area contributed by atoms with E-state index in [2.05, 4.69) is 5.32 Å². The third-order valence-electron chi connectivity index (χ3n) is 2.49. The Bertz CT molecular complexity index is 514. The van der Waals surface area contributed by atoms with Crippen LogP contribution in [0.5, 0.6) is 5.75 Å². The van der Waals surface area contributed by atoms with Crippen LogP contribution < -0.4 is 15.8 Å². The third-order valence-corrected chi connectivity index (χ3v) is 2.49. The Balaban J connectivity index is 2.44. The van der Waals surface area contributed by atoms with Crippen LogP contribution in [0.15, 0.2) is 24.3 Å². The molecule has 0 aromatic heterocycles. The van der Waals surface area contributed by atoms with E-state index < -0.39 is 23.9 Å². The lowest BCUT2D eigenvalue weighted by atomic mass is 10.2. The maximum absolute atomic E-state index is 11.7. The molecule has 0 saturated carbocycles. The van der Waals surface area contributed by atoms with E-state index in [9.17, 15) is 14.4 Å². The largest absolute Gasteiger partial charge is 0.484 e. The monoisotopic (exact) mass is 296 g/mol. The number of primary amides is 1. The first-order valence-corrected chi connectivity index (χ1v) is 6.10. The highest BCUT2D eigenvalue weighted by atomic mass is 16.5. The van der Waals surface area contributed by atoms with Gasteiger partial charge in [-0.2, -0.15) is 0 Å². The SMILES string of the molecule is NC(=O)COc1ccc(C(=O)NCC[C@H](O)C(=O)O)cc1. The molecule has 0 fully saturated rings. The van der Waals surface area contributed by atoms with Gasteiger partial charge in [0.2, 0.25) is 0 Å². The molecule has 0 aliphatic rings. The molecule has 0 aliphatic heterocycles. The quantitative estimate of drug-likeness (QED) is 0.491. The Kier molecular flexibility index (Phi) is 6.15. The minimum atomic E-state index is -1.50. The second kappa shape index (κ2) is 7.85. The Morgan fingerprint density at radius 1 is 1.24 bits per heavy atom. The molecular formula is C13H16N2O6. The fourth-order valence-corrected chi connectivity index (χ4v) is 1.40. The molecule has 1 aromatic carbocycles. The summed E-state index contributed by atoms with van der Waals surface area (Å²) in [6.45, 7) is -0.217. The number of ether oxygens (including phenoxy) is 1. The number of rotatable bonds is 8. The van der Waals surface area contributed by atoms with Gasteiger partial charge in [0.1, 0.15) is 5.75 Å². The molecule has 1 aromatic rings. The van der Waals surface area contributed by atoms with Gasteiger partial charge in [-0.25, -0.2) is 4.79 Å². The van der Waals surface area contributed by atoms with Crippen LogP contribution in [-0.4, -0.2) is 47.3 Å². The number of nitrogens with two attached hydrogens (primary N) is 1. The van der Waals surface area contributed by atoms with E-state index in [-0.39, 0.29) is 19.6 Å². The Labute approximate surface area is 120 Å². The van der Waals surface area contributed by atoms with Gasteiger partial charge in [-0.1, -0.05) is 0 Å². The van der Waals surface area contributed by atoms with Gasteiger partial charge >= 0.3 is 5.97 Å². The van der Waals surface area contributed by atoms with E-state index in [1.165, 1.54) is 24.3 Å². The summed E-state index contributed by atoms with van der Waals surface area (Å²) >= 11 is 0. The van der Waals surface area contributed by atoms with Crippen molar-refractivity contribution in [2.24, 2.45) is 5.73 Å². The zero-order valence-corrected chi connectivity index (χ0v) is 11.1. The van der Waals surface area contributed by atoms with Crippen LogP contribution in [0.1, 0.15) is 16.8 Å². The molecule has 0 aliphatic carbocycles. The number of hydrogen-bond donors (Lipinski definition) is 4. The standard InChI is InChI=1S/C13H16N2O6/c14-11(17)7-21-9-3-1-8(2-4-9)12(18)15-6-5-10(16)13(19)20/h1-4,10,16H,5-7H2,(H2,14,17)(H,15,18)(H,19,20)/t10-/m0/s1. The summed E-state index contributed by atoms with van der Waals surface area (Å²) in [5.74, 6) is -1.95. The second-order valence-corrected chi connectivity index (χ2v) is 4.18. The molecule has 0 radical (unpaired) electrons. The van der Waals surface area contributed by atoms with Crippen molar-refractivity contribution < 1.29 is 29.3 Å². The molecule has 1 atom stereocenters. The number of hydrogen-bond acceptors (Lipinski definition) is 5. The zero-order chi connectivity index (χ0) is 15.8. The lowest BCUT2D eigenvalue weighted by Gasteiger charge is -2.08. The topological polar surface area (TPSA) is 139 Å². The predicted molar refractivity (Wildman–Crippen MR) is 71.7 cm³/mol. The van der Waals surface area contributed by atoms with Crippen molar-refractivity contribution in [2.75, 3.05) is 13.2 Å². The molecule has 0 heterocycles. The number of carbonyl (C=O) groups excluding carboxylic acids is 2. The van der Waals surface area contributed by atoms with Gasteiger partial charge in [0, 0.05) is 18.5 Å². The number of carbonyl (C=O) groups is 3. The van der Waals surface area contributed by atoms with Crippen molar-refractivity contribution in [1.82, 2.24) is 5.32 Å². The van der Waals surface area contributed by atoms with Crippen molar-refractivity contribution in [3.05, 3.63) is 29.8 Å². The third kappa shape index (κ3) is 5.91. The number of nitrogens with one attached hydrogen (secondary N) is 1. The fourth-order valence-electron chi connectivity index (χ4n) is 1.40. The van der Waals surface area contributed by atoms with Gasteiger partial charge in [0.25, 0.3) is 11.8 Å². The van der Waals surface area contributed by atoms with E-state index in [1.54, 1.807) is 0 Å². The minimum Gasteiger partial charge on any atom is -0.484 e. The summed E-state index contributed by atoms with van der Waals surface area (Å²) < 4.78 is 5.04. The van der Waals surface area contributed by atoms with Crippen LogP contribution in [0.4, 0.5) is 0 Å². The smallest absolute Gasteiger partial charge is 0.332 e. The zero-order valence-electron chi connectivity index (χ0n) is 11.1. The van der Waals surface area contributed by atoms with E-state index >= 15 is 0 Å². The maximum atomic E-state index is 11.7. The van der Waals surface area contributed by atoms with Crippen molar-refractivity contribution in [1.29, 1.82) is 0 Å². The van der Waals surface area contributed by atoms with E-state index in [1.807, 2.05) is 0 Å². The van der Waals surface area contributed by atoms with Gasteiger partial charge in [-0.15, -0.1) is 0 Å². The minimum absolute atomic E-state index is 0.0340. The fraction of sp³-hybridized carbons (Fsp3) is 0.308. The highest BCUT2D eigenvalue weighted by molar-refractivity contribution is 5.94. The first-order valence-electron chi connectivity index (χ1n) is 6.10. The van der Waals surface area contributed by atoms with E-state index in [0.717, 1.165) is 0 Å². The lowest BCUT2D eigenvalue weighted by Crippen LogP contribution is -2.30. The average molecular weight is 296 g/mol. The summed E-state index contributed by atoms with van der Waals surface area (Å²) in [7, 11) is 0. The summed E-state index contributed by atoms with van der Waals surface area (Å²) in [4.78, 5) is 32.6. The Morgan fingerprint density at radius 2 is 1.86 bits per heavy atom. The predicted octanol–water partition coefficient (Wildman–Crippen LogP) is -0.884. The van der Waals surface area contributed by atoms with Gasteiger partial charge in [-0.3, -0.25) is 9.59 Å². The van der Waals surface area contributed by atoms with Crippen molar-refractivity contribution in [3.8, 4) is 5.75 Å². The number of amides is 2. The summed E-state index contributed by atoms with van der Waals surface area (Å²) in [6, 6.07) is 5.98. The molecule has 5 N–H and O–H groups in total. The van der Waals surface area contributed by atoms with Crippen molar-refractivity contribution in [3.63, 3.8) is 0 Å². The molecule has 0 spiro atoms. The maximum Gasteiger partial charge on any atom is 0.332 e. The van der Waals surface area contributed by atoms with Crippen LogP contribution in [0.25, 0.3) is 0 Å². The van der Waals surface area contributed by atoms with Gasteiger partial charge in [0.05, 0.1) is 0 Å². The first kappa shape index (κ1) is 16.4. The molecule has 8 nitrogen and oxygen atoms in total. The van der Waals surface area contributed by atoms with Crippen LogP contribution in [0.3, 0.4) is 0 Å². The molecule has 0 unspecified atom stereocenters. The molecule has 21 heavy (non-hydrogen) atoms. The average Bonchev–Trinajstić information content (AvgIpc) is 2.45. The second-order valence-electron chi connectivity index (χ2n) is 4.18. The molecule has 0 bridgehead atoms. The normalized spacial score (nSPS) is 11.5. The molecule has 8 heteroatoms. The van der Waals surface area contributed by atoms with E-state index in [0.29, 0.717) is 11.3 Å². The molecule has 0 saturated heterocycles. The summed E-state index contributed by atoms with van der Waals surface area (Å²) in [6.07, 6.45) is -1.59. The lowest BCUT2D eigenvalue weighted by molar-refractivity contribution is -0.146. The molecule has 1 rings (SSSR count). The highest BCUT2D eigenvalue weighted by Gasteiger charge is 2.13. The number of aliphatic hydroxyl groups excluding tert-OH is 1. The first-order chi connectivity index (χ1) is 9.90. The number of benzene rings is 1. The van der Waals surface area contributed by atoms with Gasteiger partial charge in [-0.05, 0) is 24.3 Å². The number of aliphatic hydroxyl groups is 1. The van der Waals surface area contributed by atoms with Crippen LogP contribution in [0.2, 0.25) is 0 Å². The van der Waals surface area contributed by atoms with E-state index in [4.69, 9.17) is 20.7 Å². The molecule has 2 amide bonds. The number of carboxylic acid groups (broad SMARTS) is 1. The summed E-state index contributed by atoms with van der Waals surface area (Å²) in [5, 5.41) is 20.0. The molecular weight excluding hydrogens is 280 g/mol.